The number of benzene rings is 1. The molecular formula is C16H16BrNO2. The van der Waals surface area contributed by atoms with Gasteiger partial charge in [0.05, 0.1) is 11.5 Å². The summed E-state index contributed by atoms with van der Waals surface area (Å²) in [7, 11) is 0. The van der Waals surface area contributed by atoms with Crippen LogP contribution in [0.5, 0.6) is 0 Å². The van der Waals surface area contributed by atoms with Crippen LogP contribution < -0.4 is 0 Å². The van der Waals surface area contributed by atoms with Crippen molar-refractivity contribution in [1.82, 2.24) is 0 Å². The normalized spacial score (nSPS) is 16.5. The third-order valence-electron chi connectivity index (χ3n) is 3.51. The van der Waals surface area contributed by atoms with Crippen molar-refractivity contribution in [3.63, 3.8) is 0 Å². The van der Waals surface area contributed by atoms with Gasteiger partial charge in [0, 0.05) is 4.47 Å². The van der Waals surface area contributed by atoms with Crippen molar-refractivity contribution in [3.8, 4) is 6.07 Å². The van der Waals surface area contributed by atoms with E-state index in [0.29, 0.717) is 5.57 Å². The Hall–Kier alpha value is -1.60. The highest BCUT2D eigenvalue weighted by Gasteiger charge is 2.22. The molecule has 1 saturated carbocycles. The van der Waals surface area contributed by atoms with Crippen LogP contribution in [0.3, 0.4) is 0 Å². The van der Waals surface area contributed by atoms with Gasteiger partial charge in [0.2, 0.25) is 0 Å². The van der Waals surface area contributed by atoms with Gasteiger partial charge in [-0.3, -0.25) is 4.79 Å². The topological polar surface area (TPSA) is 50.1 Å². The van der Waals surface area contributed by atoms with Gasteiger partial charge in [-0.2, -0.15) is 5.26 Å². The maximum Gasteiger partial charge on any atom is 0.313 e. The molecule has 0 aliphatic heterocycles. The maximum absolute atomic E-state index is 11.9. The summed E-state index contributed by atoms with van der Waals surface area (Å²) >= 11 is 3.34. The predicted octanol–water partition coefficient (Wildman–Crippen LogP) is 4.44. The smallest absolute Gasteiger partial charge is 0.313 e. The van der Waals surface area contributed by atoms with Gasteiger partial charge in [-0.05, 0) is 30.5 Å². The van der Waals surface area contributed by atoms with Gasteiger partial charge >= 0.3 is 5.97 Å². The second-order valence-corrected chi connectivity index (χ2v) is 5.84. The van der Waals surface area contributed by atoms with Crippen molar-refractivity contribution in [3.05, 3.63) is 40.6 Å². The standard InChI is InChI=1S/C16H16BrNO2/c17-15-8-6-12(7-9-15)14(10-18)11-20-16(19)13-4-2-1-3-5-13/h6-9,11,13H,1-5H2/b14-11+. The Kier molecular flexibility index (Phi) is 5.37. The lowest BCUT2D eigenvalue weighted by Crippen LogP contribution is -2.18. The van der Waals surface area contributed by atoms with E-state index in [9.17, 15) is 4.79 Å². The van der Waals surface area contributed by atoms with Crippen molar-refractivity contribution in [2.75, 3.05) is 0 Å². The molecule has 1 aliphatic rings. The Labute approximate surface area is 127 Å². The molecule has 0 spiro atoms. The molecule has 104 valence electrons. The van der Waals surface area contributed by atoms with Gasteiger partial charge in [0.1, 0.15) is 12.3 Å². The first-order valence-electron chi connectivity index (χ1n) is 6.77. The Balaban J connectivity index is 2.02. The first-order chi connectivity index (χ1) is 9.70. The number of hydrogen-bond donors (Lipinski definition) is 0. The van der Waals surface area contributed by atoms with Crippen LogP contribution in [-0.4, -0.2) is 5.97 Å². The van der Waals surface area contributed by atoms with Crippen molar-refractivity contribution < 1.29 is 9.53 Å². The highest BCUT2D eigenvalue weighted by Crippen LogP contribution is 2.25. The summed E-state index contributed by atoms with van der Waals surface area (Å²) in [4.78, 5) is 11.9. The lowest BCUT2D eigenvalue weighted by molar-refractivity contribution is -0.143. The number of esters is 1. The number of allylic oxidation sites excluding steroid dienone is 1. The lowest BCUT2D eigenvalue weighted by Gasteiger charge is -2.18. The van der Waals surface area contributed by atoms with Crippen molar-refractivity contribution in [2.45, 2.75) is 32.1 Å². The summed E-state index contributed by atoms with van der Waals surface area (Å²) in [5, 5.41) is 9.15. The molecule has 0 heterocycles. The second kappa shape index (κ2) is 7.25. The summed E-state index contributed by atoms with van der Waals surface area (Å²) in [5.74, 6) is -0.223. The number of nitriles is 1. The third-order valence-corrected chi connectivity index (χ3v) is 4.04. The van der Waals surface area contributed by atoms with E-state index < -0.39 is 0 Å². The highest BCUT2D eigenvalue weighted by atomic mass is 79.9. The fraction of sp³-hybridized carbons (Fsp3) is 0.375. The van der Waals surface area contributed by atoms with Crippen LogP contribution in [0.1, 0.15) is 37.7 Å². The molecule has 1 aromatic carbocycles. The largest absolute Gasteiger partial charge is 0.433 e. The molecule has 0 bridgehead atoms. The Morgan fingerprint density at radius 1 is 1.25 bits per heavy atom. The molecule has 0 N–H and O–H groups in total. The SMILES string of the molecule is N#C/C(=C\OC(=O)C1CCCCC1)c1ccc(Br)cc1. The number of carbonyl (C=O) groups excluding carboxylic acids is 1. The number of nitrogens with zero attached hydrogens (tertiary/aromatic N) is 1. The number of carbonyl (C=O) groups is 1. The molecule has 0 radical (unpaired) electrons. The number of halogens is 1. The third kappa shape index (κ3) is 3.94. The molecule has 2 rings (SSSR count). The molecule has 4 heteroatoms. The summed E-state index contributed by atoms with van der Waals surface area (Å²) in [6.45, 7) is 0. The quantitative estimate of drug-likeness (QED) is 0.466. The van der Waals surface area contributed by atoms with Crippen LogP contribution >= 0.6 is 15.9 Å². The van der Waals surface area contributed by atoms with Gasteiger partial charge in [-0.1, -0.05) is 47.3 Å². The molecule has 3 nitrogen and oxygen atoms in total. The molecule has 1 fully saturated rings. The fourth-order valence-corrected chi connectivity index (χ4v) is 2.60. The monoisotopic (exact) mass is 333 g/mol. The van der Waals surface area contributed by atoms with E-state index in [1.54, 1.807) is 0 Å². The molecule has 1 aliphatic carbocycles. The zero-order valence-corrected chi connectivity index (χ0v) is 12.7. The molecule has 0 amide bonds. The van der Waals surface area contributed by atoms with Crippen LogP contribution in [0, 0.1) is 17.2 Å². The minimum atomic E-state index is -0.213. The molecule has 1 aromatic rings. The van der Waals surface area contributed by atoms with Crippen LogP contribution in [0.4, 0.5) is 0 Å². The van der Waals surface area contributed by atoms with Gasteiger partial charge in [-0.25, -0.2) is 0 Å². The fourth-order valence-electron chi connectivity index (χ4n) is 2.34. The van der Waals surface area contributed by atoms with Crippen molar-refractivity contribution >= 4 is 27.5 Å². The van der Waals surface area contributed by atoms with E-state index in [-0.39, 0.29) is 11.9 Å². The first-order valence-corrected chi connectivity index (χ1v) is 7.56. The summed E-state index contributed by atoms with van der Waals surface area (Å²) in [5.41, 5.74) is 1.11. The van der Waals surface area contributed by atoms with E-state index in [1.807, 2.05) is 24.3 Å². The van der Waals surface area contributed by atoms with Crippen LogP contribution in [0.25, 0.3) is 5.57 Å². The zero-order chi connectivity index (χ0) is 14.4. The Bertz CT molecular complexity index is 537. The van der Waals surface area contributed by atoms with E-state index >= 15 is 0 Å². The Morgan fingerprint density at radius 3 is 2.50 bits per heavy atom. The lowest BCUT2D eigenvalue weighted by atomic mass is 9.89. The summed E-state index contributed by atoms with van der Waals surface area (Å²) in [6.07, 6.45) is 6.43. The van der Waals surface area contributed by atoms with Crippen LogP contribution in [-0.2, 0) is 9.53 Å². The highest BCUT2D eigenvalue weighted by molar-refractivity contribution is 9.10. The maximum atomic E-state index is 11.9. The van der Waals surface area contributed by atoms with Gasteiger partial charge in [0.25, 0.3) is 0 Å². The molecule has 0 aromatic heterocycles. The number of hydrogen-bond acceptors (Lipinski definition) is 3. The first kappa shape index (κ1) is 14.8. The average molecular weight is 334 g/mol. The molecule has 0 saturated heterocycles. The predicted molar refractivity (Wildman–Crippen MR) is 80.4 cm³/mol. The van der Waals surface area contributed by atoms with Gasteiger partial charge in [0.15, 0.2) is 0 Å². The molecule has 0 atom stereocenters. The van der Waals surface area contributed by atoms with Crippen molar-refractivity contribution in [1.29, 1.82) is 5.26 Å². The minimum absolute atomic E-state index is 0.00939. The van der Waals surface area contributed by atoms with E-state index in [2.05, 4.69) is 22.0 Å². The summed E-state index contributed by atoms with van der Waals surface area (Å²) in [6, 6.07) is 9.39. The van der Waals surface area contributed by atoms with Crippen LogP contribution in [0.15, 0.2) is 35.0 Å². The zero-order valence-electron chi connectivity index (χ0n) is 11.1. The van der Waals surface area contributed by atoms with E-state index in [4.69, 9.17) is 10.00 Å². The van der Waals surface area contributed by atoms with Crippen molar-refractivity contribution in [2.24, 2.45) is 5.92 Å². The molecule has 20 heavy (non-hydrogen) atoms. The Morgan fingerprint density at radius 2 is 1.90 bits per heavy atom. The van der Waals surface area contributed by atoms with Gasteiger partial charge in [-0.15, -0.1) is 0 Å². The average Bonchev–Trinajstić information content (AvgIpc) is 2.50. The number of ether oxygens (including phenoxy) is 1. The molecular weight excluding hydrogens is 318 g/mol. The molecule has 0 unspecified atom stereocenters. The second-order valence-electron chi connectivity index (χ2n) is 4.92. The van der Waals surface area contributed by atoms with E-state index in [0.717, 1.165) is 35.7 Å². The van der Waals surface area contributed by atoms with Gasteiger partial charge < -0.3 is 4.74 Å². The minimum Gasteiger partial charge on any atom is -0.433 e. The summed E-state index contributed by atoms with van der Waals surface area (Å²) < 4.78 is 6.13. The van der Waals surface area contributed by atoms with E-state index in [1.165, 1.54) is 12.7 Å². The van der Waals surface area contributed by atoms with Crippen LogP contribution in [0.2, 0.25) is 0 Å². The number of rotatable bonds is 3.